The number of hydrogen-bond donors (Lipinski definition) is 1. The Hall–Kier alpha value is -2.15. The molecule has 0 bridgehead atoms. The first kappa shape index (κ1) is 20.6. The van der Waals surface area contributed by atoms with Crippen molar-refractivity contribution in [2.45, 2.75) is 52.0 Å². The van der Waals surface area contributed by atoms with Crippen LogP contribution in [-0.4, -0.2) is 52.3 Å². The number of Topliss-reactive ketones (excluding diaryl/α,β-unsaturated/α-hetero) is 1. The zero-order chi connectivity index (χ0) is 20.3. The highest BCUT2D eigenvalue weighted by atomic mass is 35.5. The summed E-state index contributed by atoms with van der Waals surface area (Å²) in [5.41, 5.74) is 1.06. The number of carbonyl (C=O) groups excluding carboxylic acids is 2. The van der Waals surface area contributed by atoms with Crippen molar-refractivity contribution < 1.29 is 19.5 Å². The molecule has 0 unspecified atom stereocenters. The van der Waals surface area contributed by atoms with Gasteiger partial charge in [-0.1, -0.05) is 18.5 Å². The van der Waals surface area contributed by atoms with Crippen LogP contribution in [0.2, 0.25) is 5.02 Å². The van der Waals surface area contributed by atoms with Gasteiger partial charge in [-0.25, -0.2) is 4.98 Å². The second-order valence-electron chi connectivity index (χ2n) is 7.48. The van der Waals surface area contributed by atoms with E-state index in [-0.39, 0.29) is 17.6 Å². The van der Waals surface area contributed by atoms with E-state index in [2.05, 4.69) is 0 Å². The number of amides is 1. The standard InChI is InChI=1S/C20H26ClN3O4/c1-2-4-17(25)14-11-15(21)19(23-9-6-13(7-10-23)20(27)28)22-16(14)12-24-8-3-5-18(24)26/h11,13H,2-10,12H2,1H3,(H,27,28). The topological polar surface area (TPSA) is 90.8 Å². The van der Waals surface area contributed by atoms with Crippen LogP contribution in [0.3, 0.4) is 0 Å². The summed E-state index contributed by atoms with van der Waals surface area (Å²) in [7, 11) is 0. The van der Waals surface area contributed by atoms with E-state index in [1.807, 2.05) is 11.8 Å². The van der Waals surface area contributed by atoms with Gasteiger partial charge in [0.1, 0.15) is 5.82 Å². The van der Waals surface area contributed by atoms with Crippen LogP contribution in [0.25, 0.3) is 0 Å². The number of anilines is 1. The molecule has 0 radical (unpaired) electrons. The molecule has 152 valence electrons. The molecule has 2 saturated heterocycles. The smallest absolute Gasteiger partial charge is 0.306 e. The molecule has 0 atom stereocenters. The summed E-state index contributed by atoms with van der Waals surface area (Å²) in [6.45, 7) is 4.02. The number of aromatic nitrogens is 1. The molecule has 8 heteroatoms. The van der Waals surface area contributed by atoms with Gasteiger partial charge in [-0.05, 0) is 31.7 Å². The predicted octanol–water partition coefficient (Wildman–Crippen LogP) is 3.14. The number of carbonyl (C=O) groups is 3. The molecular formula is C20H26ClN3O4. The SMILES string of the molecule is CCCC(=O)c1cc(Cl)c(N2CCC(C(=O)O)CC2)nc1CN1CCCC1=O. The molecule has 0 aromatic carbocycles. The lowest BCUT2D eigenvalue weighted by molar-refractivity contribution is -0.142. The summed E-state index contributed by atoms with van der Waals surface area (Å²) in [5.74, 6) is -0.487. The Bertz CT molecular complexity index is 775. The van der Waals surface area contributed by atoms with E-state index < -0.39 is 5.97 Å². The van der Waals surface area contributed by atoms with Crippen molar-refractivity contribution in [3.63, 3.8) is 0 Å². The Morgan fingerprint density at radius 1 is 1.29 bits per heavy atom. The number of aliphatic carboxylic acids is 1. The Balaban J connectivity index is 1.89. The molecule has 2 aliphatic rings. The number of pyridine rings is 1. The van der Waals surface area contributed by atoms with Crippen LogP contribution in [0.15, 0.2) is 6.07 Å². The normalized spacial score (nSPS) is 18.0. The number of ketones is 1. The lowest BCUT2D eigenvalue weighted by atomic mass is 9.97. The molecule has 1 N–H and O–H groups in total. The van der Waals surface area contributed by atoms with E-state index in [4.69, 9.17) is 16.6 Å². The first-order valence-electron chi connectivity index (χ1n) is 9.88. The van der Waals surface area contributed by atoms with Crippen LogP contribution in [0.4, 0.5) is 5.82 Å². The third kappa shape index (κ3) is 4.46. The van der Waals surface area contributed by atoms with Gasteiger partial charge in [0.2, 0.25) is 5.91 Å². The van der Waals surface area contributed by atoms with Crippen molar-refractivity contribution in [3.8, 4) is 0 Å². The van der Waals surface area contributed by atoms with E-state index in [1.54, 1.807) is 11.0 Å². The molecule has 1 aromatic heterocycles. The van der Waals surface area contributed by atoms with Crippen LogP contribution < -0.4 is 4.90 Å². The minimum Gasteiger partial charge on any atom is -0.481 e. The number of halogens is 1. The first-order valence-corrected chi connectivity index (χ1v) is 10.3. The van der Waals surface area contributed by atoms with Gasteiger partial charge in [0.15, 0.2) is 5.78 Å². The Kier molecular flexibility index (Phi) is 6.54. The zero-order valence-electron chi connectivity index (χ0n) is 16.1. The number of rotatable bonds is 7. The molecular weight excluding hydrogens is 382 g/mol. The molecule has 0 spiro atoms. The molecule has 3 rings (SSSR count). The van der Waals surface area contributed by atoms with Crippen LogP contribution in [0, 0.1) is 5.92 Å². The summed E-state index contributed by atoms with van der Waals surface area (Å²) in [5, 5.41) is 9.58. The van der Waals surface area contributed by atoms with Gasteiger partial charge < -0.3 is 14.9 Å². The Morgan fingerprint density at radius 2 is 2.00 bits per heavy atom. The maximum atomic E-state index is 12.6. The third-order valence-corrected chi connectivity index (χ3v) is 5.75. The maximum absolute atomic E-state index is 12.6. The van der Waals surface area contributed by atoms with Crippen molar-refractivity contribution in [1.82, 2.24) is 9.88 Å². The molecule has 2 aliphatic heterocycles. The van der Waals surface area contributed by atoms with Crippen molar-refractivity contribution in [1.29, 1.82) is 0 Å². The fraction of sp³-hybridized carbons (Fsp3) is 0.600. The number of carboxylic acid groups (broad SMARTS) is 1. The molecule has 3 heterocycles. The summed E-state index contributed by atoms with van der Waals surface area (Å²) in [6.07, 6.45) is 3.54. The number of carboxylic acids is 1. The molecule has 0 aliphatic carbocycles. The van der Waals surface area contributed by atoms with Gasteiger partial charge in [-0.15, -0.1) is 0 Å². The third-order valence-electron chi connectivity index (χ3n) is 5.47. The highest BCUT2D eigenvalue weighted by Crippen LogP contribution is 2.31. The quantitative estimate of drug-likeness (QED) is 0.698. The number of nitrogens with zero attached hydrogens (tertiary/aromatic N) is 3. The average molecular weight is 408 g/mol. The van der Waals surface area contributed by atoms with Crippen LogP contribution in [-0.2, 0) is 16.1 Å². The van der Waals surface area contributed by atoms with Crippen molar-refractivity contribution in [3.05, 3.63) is 22.3 Å². The fourth-order valence-electron chi connectivity index (χ4n) is 3.85. The van der Waals surface area contributed by atoms with Gasteiger partial charge in [0.25, 0.3) is 0 Å². The first-order chi connectivity index (χ1) is 13.4. The summed E-state index contributed by atoms with van der Waals surface area (Å²) in [4.78, 5) is 44.3. The zero-order valence-corrected chi connectivity index (χ0v) is 16.9. The van der Waals surface area contributed by atoms with Crippen molar-refractivity contribution in [2.75, 3.05) is 24.5 Å². The van der Waals surface area contributed by atoms with Gasteiger partial charge >= 0.3 is 5.97 Å². The molecule has 1 aromatic rings. The van der Waals surface area contributed by atoms with Crippen LogP contribution in [0.1, 0.15) is 61.5 Å². The maximum Gasteiger partial charge on any atom is 0.306 e. The summed E-state index contributed by atoms with van der Waals surface area (Å²) >= 11 is 6.47. The van der Waals surface area contributed by atoms with Crippen molar-refractivity contribution in [2.24, 2.45) is 5.92 Å². The highest BCUT2D eigenvalue weighted by molar-refractivity contribution is 6.33. The second kappa shape index (κ2) is 8.90. The Labute approximate surface area is 169 Å². The Morgan fingerprint density at radius 3 is 2.57 bits per heavy atom. The van der Waals surface area contributed by atoms with Gasteiger partial charge in [-0.2, -0.15) is 0 Å². The van der Waals surface area contributed by atoms with Crippen LogP contribution in [0.5, 0.6) is 0 Å². The fourth-order valence-corrected chi connectivity index (χ4v) is 4.12. The van der Waals surface area contributed by atoms with Gasteiger partial charge in [0.05, 0.1) is 23.2 Å². The van der Waals surface area contributed by atoms with E-state index in [0.29, 0.717) is 74.0 Å². The van der Waals surface area contributed by atoms with E-state index >= 15 is 0 Å². The minimum atomic E-state index is -0.771. The second-order valence-corrected chi connectivity index (χ2v) is 7.89. The number of likely N-dealkylation sites (tertiary alicyclic amines) is 1. The molecule has 1 amide bonds. The monoisotopic (exact) mass is 407 g/mol. The number of piperidine rings is 1. The van der Waals surface area contributed by atoms with E-state index in [0.717, 1.165) is 12.8 Å². The highest BCUT2D eigenvalue weighted by Gasteiger charge is 2.29. The number of hydrogen-bond acceptors (Lipinski definition) is 5. The lowest BCUT2D eigenvalue weighted by Gasteiger charge is -2.32. The van der Waals surface area contributed by atoms with Gasteiger partial charge in [-0.3, -0.25) is 14.4 Å². The van der Waals surface area contributed by atoms with Crippen LogP contribution >= 0.6 is 11.6 Å². The molecule has 7 nitrogen and oxygen atoms in total. The molecule has 28 heavy (non-hydrogen) atoms. The van der Waals surface area contributed by atoms with Crippen molar-refractivity contribution >= 4 is 35.1 Å². The minimum absolute atomic E-state index is 0.0188. The lowest BCUT2D eigenvalue weighted by Crippen LogP contribution is -2.37. The molecule has 2 fully saturated rings. The molecule has 0 saturated carbocycles. The predicted molar refractivity (Wildman–Crippen MR) is 106 cm³/mol. The summed E-state index contributed by atoms with van der Waals surface area (Å²) < 4.78 is 0. The average Bonchev–Trinajstić information content (AvgIpc) is 3.07. The van der Waals surface area contributed by atoms with Gasteiger partial charge in [0, 0.05) is 38.0 Å². The largest absolute Gasteiger partial charge is 0.481 e. The van der Waals surface area contributed by atoms with E-state index in [9.17, 15) is 19.5 Å². The van der Waals surface area contributed by atoms with E-state index in [1.165, 1.54) is 0 Å². The summed E-state index contributed by atoms with van der Waals surface area (Å²) in [6, 6.07) is 1.67.